The molecule has 7 N–H and O–H groups in total. The number of aliphatic hydroxyl groups is 3. The minimum absolute atomic E-state index is 0.0555. The van der Waals surface area contributed by atoms with E-state index in [0.29, 0.717) is 12.0 Å². The van der Waals surface area contributed by atoms with Crippen molar-refractivity contribution in [3.63, 3.8) is 0 Å². The number of nitrogens with two attached hydrogens (primary N) is 1. The predicted octanol–water partition coefficient (Wildman–Crippen LogP) is -0.666. The van der Waals surface area contributed by atoms with Crippen molar-refractivity contribution < 1.29 is 34.8 Å². The fraction of sp³-hybridized carbons (Fsp3) is 0.556. The molecule has 152 valence electrons. The van der Waals surface area contributed by atoms with Gasteiger partial charge in [-0.2, -0.15) is 0 Å². The van der Waals surface area contributed by atoms with E-state index in [1.165, 1.54) is 0 Å². The van der Waals surface area contributed by atoms with Crippen molar-refractivity contribution in [3.8, 4) is 0 Å². The van der Waals surface area contributed by atoms with Crippen molar-refractivity contribution in [2.24, 2.45) is 5.73 Å². The summed E-state index contributed by atoms with van der Waals surface area (Å²) in [6.45, 7) is -0.757. The summed E-state index contributed by atoms with van der Waals surface area (Å²) in [6, 6.07) is 8.25. The van der Waals surface area contributed by atoms with Crippen molar-refractivity contribution in [2.75, 3.05) is 13.2 Å². The highest BCUT2D eigenvalue weighted by molar-refractivity contribution is 5.77. The van der Waals surface area contributed by atoms with Crippen molar-refractivity contribution >= 4 is 11.9 Å². The molecule has 1 rings (SSSR count). The van der Waals surface area contributed by atoms with Crippen LogP contribution in [0.1, 0.15) is 31.2 Å². The van der Waals surface area contributed by atoms with Crippen molar-refractivity contribution in [1.29, 1.82) is 0 Å². The maximum atomic E-state index is 11.5. The van der Waals surface area contributed by atoms with Gasteiger partial charge in [0.15, 0.2) is 0 Å². The van der Waals surface area contributed by atoms with Gasteiger partial charge in [0.1, 0.15) is 6.61 Å². The van der Waals surface area contributed by atoms with Crippen LogP contribution < -0.4 is 11.1 Å². The zero-order valence-electron chi connectivity index (χ0n) is 15.1. The normalized spacial score (nSPS) is 15.6. The fourth-order valence-corrected chi connectivity index (χ4v) is 2.46. The second-order valence-corrected chi connectivity index (χ2v) is 6.29. The first-order valence-corrected chi connectivity index (χ1v) is 8.72. The van der Waals surface area contributed by atoms with Crippen molar-refractivity contribution in [2.45, 2.75) is 50.2 Å². The maximum Gasteiger partial charge on any atom is 0.364 e. The SMILES string of the molecule is NCC(O)CCC(CC[C@](O)(OCc1ccccc1)C(=O)O)NC(=O)CO. The Kier molecular flexibility index (Phi) is 9.90. The Labute approximate surface area is 157 Å². The second kappa shape index (κ2) is 11.6. The molecular formula is C18H28N2O7. The summed E-state index contributed by atoms with van der Waals surface area (Å²) in [5.41, 5.74) is 6.05. The first-order valence-electron chi connectivity index (χ1n) is 8.72. The average Bonchev–Trinajstić information content (AvgIpc) is 2.68. The number of amides is 1. The minimum atomic E-state index is -2.43. The largest absolute Gasteiger partial charge is 0.477 e. The number of hydrogen-bond donors (Lipinski definition) is 6. The molecule has 0 aliphatic carbocycles. The van der Waals surface area contributed by atoms with E-state index in [0.717, 1.165) is 0 Å². The van der Waals surface area contributed by atoms with Gasteiger partial charge in [-0.1, -0.05) is 30.3 Å². The molecule has 9 heteroatoms. The molecular weight excluding hydrogens is 356 g/mol. The molecule has 1 aromatic rings. The van der Waals surface area contributed by atoms with E-state index < -0.39 is 36.4 Å². The summed E-state index contributed by atoms with van der Waals surface area (Å²) in [5, 5.41) is 40.7. The van der Waals surface area contributed by atoms with Gasteiger partial charge in [-0.3, -0.25) is 4.79 Å². The molecule has 9 nitrogen and oxygen atoms in total. The molecule has 1 aromatic carbocycles. The van der Waals surface area contributed by atoms with Gasteiger partial charge in [0.2, 0.25) is 5.91 Å². The molecule has 1 amide bonds. The third-order valence-electron chi connectivity index (χ3n) is 4.12. The highest BCUT2D eigenvalue weighted by Crippen LogP contribution is 2.21. The molecule has 0 spiro atoms. The van der Waals surface area contributed by atoms with Crippen LogP contribution in [0.3, 0.4) is 0 Å². The Morgan fingerprint density at radius 3 is 2.41 bits per heavy atom. The van der Waals surface area contributed by atoms with E-state index >= 15 is 0 Å². The number of carbonyl (C=O) groups is 2. The van der Waals surface area contributed by atoms with Crippen LogP contribution in [0.25, 0.3) is 0 Å². The Balaban J connectivity index is 2.69. The lowest BCUT2D eigenvalue weighted by Crippen LogP contribution is -2.44. The van der Waals surface area contributed by atoms with Gasteiger partial charge in [-0.25, -0.2) is 4.79 Å². The zero-order valence-corrected chi connectivity index (χ0v) is 15.1. The molecule has 0 aliphatic rings. The van der Waals surface area contributed by atoms with Crippen LogP contribution in [0.5, 0.6) is 0 Å². The lowest BCUT2D eigenvalue weighted by atomic mass is 9.99. The third-order valence-corrected chi connectivity index (χ3v) is 4.12. The number of aliphatic hydroxyl groups excluding tert-OH is 2. The van der Waals surface area contributed by atoms with Crippen LogP contribution in [0.2, 0.25) is 0 Å². The van der Waals surface area contributed by atoms with Crippen LogP contribution in [0, 0.1) is 0 Å². The van der Waals surface area contributed by atoms with Crippen LogP contribution in [-0.2, 0) is 20.9 Å². The van der Waals surface area contributed by atoms with Crippen molar-refractivity contribution in [3.05, 3.63) is 35.9 Å². The lowest BCUT2D eigenvalue weighted by Gasteiger charge is -2.27. The predicted molar refractivity (Wildman–Crippen MR) is 96.4 cm³/mol. The van der Waals surface area contributed by atoms with Gasteiger partial charge in [-0.15, -0.1) is 0 Å². The summed E-state index contributed by atoms with van der Waals surface area (Å²) in [5.74, 6) is -4.59. The van der Waals surface area contributed by atoms with Gasteiger partial charge >= 0.3 is 5.97 Å². The second-order valence-electron chi connectivity index (χ2n) is 6.29. The molecule has 0 saturated carbocycles. The average molecular weight is 384 g/mol. The molecule has 0 heterocycles. The number of nitrogens with one attached hydrogen (secondary N) is 1. The molecule has 0 bridgehead atoms. The summed E-state index contributed by atoms with van der Waals surface area (Å²) < 4.78 is 5.23. The molecule has 0 radical (unpaired) electrons. The Bertz CT molecular complexity index is 584. The number of ether oxygens (including phenoxy) is 1. The highest BCUT2D eigenvalue weighted by Gasteiger charge is 2.38. The smallest absolute Gasteiger partial charge is 0.364 e. The van der Waals surface area contributed by atoms with E-state index in [4.69, 9.17) is 15.6 Å². The Morgan fingerprint density at radius 1 is 1.19 bits per heavy atom. The fourth-order valence-electron chi connectivity index (χ4n) is 2.46. The molecule has 0 aromatic heterocycles. The maximum absolute atomic E-state index is 11.5. The molecule has 0 aliphatic heterocycles. The third kappa shape index (κ3) is 8.46. The molecule has 27 heavy (non-hydrogen) atoms. The Morgan fingerprint density at radius 2 is 1.85 bits per heavy atom. The summed E-state index contributed by atoms with van der Waals surface area (Å²) in [7, 11) is 0. The highest BCUT2D eigenvalue weighted by atomic mass is 16.6. The number of rotatable bonds is 13. The topological polar surface area (TPSA) is 162 Å². The van der Waals surface area contributed by atoms with Gasteiger partial charge in [-0.05, 0) is 24.8 Å². The zero-order chi connectivity index (χ0) is 20.3. The summed E-state index contributed by atoms with van der Waals surface area (Å²) in [4.78, 5) is 22.9. The van der Waals surface area contributed by atoms with Crippen LogP contribution in [-0.4, -0.2) is 63.4 Å². The number of aliphatic carboxylic acids is 1. The van der Waals surface area contributed by atoms with Gasteiger partial charge in [0.05, 0.1) is 12.7 Å². The van der Waals surface area contributed by atoms with E-state index in [9.17, 15) is 24.9 Å². The van der Waals surface area contributed by atoms with Gasteiger partial charge in [0, 0.05) is 19.0 Å². The molecule has 3 atom stereocenters. The summed E-state index contributed by atoms with van der Waals surface area (Å²) in [6.07, 6.45) is -0.390. The number of carbonyl (C=O) groups excluding carboxylic acids is 1. The van der Waals surface area contributed by atoms with Crippen molar-refractivity contribution in [1.82, 2.24) is 5.32 Å². The van der Waals surface area contributed by atoms with Gasteiger partial charge in [0.25, 0.3) is 5.79 Å². The van der Waals surface area contributed by atoms with E-state index in [-0.39, 0.29) is 32.4 Å². The molecule has 2 unspecified atom stereocenters. The van der Waals surface area contributed by atoms with E-state index in [1.807, 2.05) is 0 Å². The van der Waals surface area contributed by atoms with Gasteiger partial charge < -0.3 is 36.2 Å². The summed E-state index contributed by atoms with van der Waals surface area (Å²) >= 11 is 0. The number of carboxylic acids is 1. The van der Waals surface area contributed by atoms with E-state index in [1.54, 1.807) is 30.3 Å². The molecule has 0 fully saturated rings. The van der Waals surface area contributed by atoms with Crippen LogP contribution >= 0.6 is 0 Å². The number of benzene rings is 1. The first kappa shape index (κ1) is 23.0. The Hall–Kier alpha value is -2.04. The van der Waals surface area contributed by atoms with Crippen LogP contribution in [0.4, 0.5) is 0 Å². The first-order chi connectivity index (χ1) is 12.8. The molecule has 0 saturated heterocycles. The van der Waals surface area contributed by atoms with E-state index in [2.05, 4.69) is 5.32 Å². The standard InChI is InChI=1S/C18H28N2O7/c19-10-15(22)7-6-14(20-16(23)11-21)8-9-18(26,17(24)25)27-12-13-4-2-1-3-5-13/h1-5,14-15,21-22,26H,6-12,19H2,(H,20,23)(H,24,25)/t14?,15?,18-/m0/s1. The monoisotopic (exact) mass is 384 g/mol. The lowest BCUT2D eigenvalue weighted by molar-refractivity contribution is -0.231. The minimum Gasteiger partial charge on any atom is -0.477 e. The quantitative estimate of drug-likeness (QED) is 0.244. The number of carboxylic acid groups (broad SMARTS) is 1. The number of hydrogen-bond acceptors (Lipinski definition) is 7. The van der Waals surface area contributed by atoms with Crippen LogP contribution in [0.15, 0.2) is 30.3 Å².